The van der Waals surface area contributed by atoms with Crippen LogP contribution in [0.4, 0.5) is 0 Å². The molecule has 0 radical (unpaired) electrons. The average Bonchev–Trinajstić information content (AvgIpc) is 3.46. The summed E-state index contributed by atoms with van der Waals surface area (Å²) in [5.74, 6) is 1.80. The molecule has 0 aromatic heterocycles. The monoisotopic (exact) mass is 610 g/mol. The van der Waals surface area contributed by atoms with Crippen LogP contribution >= 0.6 is 0 Å². The summed E-state index contributed by atoms with van der Waals surface area (Å²) in [6.07, 6.45) is 0. The summed E-state index contributed by atoms with van der Waals surface area (Å²) in [5.41, 5.74) is 14.4. The highest BCUT2D eigenvalue weighted by Crippen LogP contribution is 2.57. The van der Waals surface area contributed by atoms with E-state index in [4.69, 9.17) is 4.74 Å². The van der Waals surface area contributed by atoms with E-state index in [0.29, 0.717) is 0 Å². The normalized spacial score (nSPS) is 13.3. The van der Waals surface area contributed by atoms with E-state index in [1.165, 1.54) is 61.0 Å². The maximum atomic E-state index is 6.67. The highest BCUT2D eigenvalue weighted by molar-refractivity contribution is 6.10. The molecular formula is C47H30O. The Labute approximate surface area is 280 Å². The molecule has 0 saturated heterocycles. The first-order valence-electron chi connectivity index (χ1n) is 16.6. The minimum atomic E-state index is -0.435. The van der Waals surface area contributed by atoms with E-state index in [9.17, 15) is 0 Å². The van der Waals surface area contributed by atoms with Crippen molar-refractivity contribution in [3.8, 4) is 56.0 Å². The zero-order chi connectivity index (χ0) is 31.7. The molecule has 0 amide bonds. The molecule has 1 heterocycles. The summed E-state index contributed by atoms with van der Waals surface area (Å²) < 4.78 is 6.67. The largest absolute Gasteiger partial charge is 0.456 e. The van der Waals surface area contributed by atoms with Gasteiger partial charge in [-0.15, -0.1) is 0 Å². The zero-order valence-corrected chi connectivity index (χ0v) is 26.2. The fraction of sp³-hybridized carbons (Fsp3) is 0.0213. The highest BCUT2D eigenvalue weighted by Gasteiger charge is 2.46. The van der Waals surface area contributed by atoms with Crippen molar-refractivity contribution in [2.75, 3.05) is 0 Å². The first kappa shape index (κ1) is 27.0. The van der Waals surface area contributed by atoms with Gasteiger partial charge < -0.3 is 4.74 Å². The fourth-order valence-corrected chi connectivity index (χ4v) is 8.31. The summed E-state index contributed by atoms with van der Waals surface area (Å²) in [6, 6.07) is 66.2. The van der Waals surface area contributed by atoms with E-state index in [1.54, 1.807) is 0 Å². The molecule has 2 aliphatic rings. The third kappa shape index (κ3) is 3.79. The molecule has 1 aliphatic carbocycles. The van der Waals surface area contributed by atoms with Gasteiger partial charge in [-0.05, 0) is 90.8 Å². The van der Waals surface area contributed by atoms with Gasteiger partial charge in [-0.25, -0.2) is 0 Å². The molecule has 8 aromatic rings. The topological polar surface area (TPSA) is 9.23 Å². The number of hydrogen-bond acceptors (Lipinski definition) is 1. The Morgan fingerprint density at radius 2 is 0.938 bits per heavy atom. The molecule has 1 aliphatic heterocycles. The lowest BCUT2D eigenvalue weighted by Crippen LogP contribution is -2.28. The van der Waals surface area contributed by atoms with Gasteiger partial charge in [0.05, 0.1) is 5.41 Å². The van der Waals surface area contributed by atoms with Crippen LogP contribution in [-0.2, 0) is 5.41 Å². The first-order valence-corrected chi connectivity index (χ1v) is 16.6. The van der Waals surface area contributed by atoms with Crippen LogP contribution in [0.1, 0.15) is 22.3 Å². The van der Waals surface area contributed by atoms with Crippen LogP contribution in [0.25, 0.3) is 55.3 Å². The molecule has 0 atom stereocenters. The minimum Gasteiger partial charge on any atom is -0.456 e. The van der Waals surface area contributed by atoms with Crippen LogP contribution in [0.15, 0.2) is 182 Å². The van der Waals surface area contributed by atoms with Gasteiger partial charge in [-0.2, -0.15) is 0 Å². The van der Waals surface area contributed by atoms with Crippen molar-refractivity contribution < 1.29 is 4.74 Å². The lowest BCUT2D eigenvalue weighted by Gasteiger charge is -2.34. The maximum absolute atomic E-state index is 6.67. The SMILES string of the molecule is c1ccc(-c2ccc3c(c2)Oc2ccc(-c4ccc5c(c4)C(c4ccccc4)(c4ccccc4)c4ccccc4-5)c4cccc-3c24)cc1. The smallest absolute Gasteiger partial charge is 0.135 e. The van der Waals surface area contributed by atoms with Crippen molar-refractivity contribution in [2.45, 2.75) is 5.41 Å². The van der Waals surface area contributed by atoms with Gasteiger partial charge in [0.25, 0.3) is 0 Å². The van der Waals surface area contributed by atoms with Gasteiger partial charge in [-0.3, -0.25) is 0 Å². The number of fused-ring (bicyclic) bond motifs is 5. The summed E-state index contributed by atoms with van der Waals surface area (Å²) in [4.78, 5) is 0. The molecule has 224 valence electrons. The van der Waals surface area contributed by atoms with E-state index in [-0.39, 0.29) is 0 Å². The van der Waals surface area contributed by atoms with Gasteiger partial charge in [0.15, 0.2) is 0 Å². The van der Waals surface area contributed by atoms with Gasteiger partial charge in [-0.1, -0.05) is 158 Å². The third-order valence-electron chi connectivity index (χ3n) is 10.4. The number of rotatable bonds is 4. The lowest BCUT2D eigenvalue weighted by atomic mass is 9.67. The molecule has 8 aromatic carbocycles. The Hall–Kier alpha value is -6.18. The minimum absolute atomic E-state index is 0.435. The lowest BCUT2D eigenvalue weighted by molar-refractivity contribution is 0.487. The average molecular weight is 611 g/mol. The molecule has 0 saturated carbocycles. The molecular weight excluding hydrogens is 581 g/mol. The molecule has 0 fully saturated rings. The molecule has 10 rings (SSSR count). The van der Waals surface area contributed by atoms with Crippen molar-refractivity contribution in [1.82, 2.24) is 0 Å². The van der Waals surface area contributed by atoms with Gasteiger partial charge in [0, 0.05) is 10.9 Å². The Bertz CT molecular complexity index is 2470. The van der Waals surface area contributed by atoms with Gasteiger partial charge >= 0.3 is 0 Å². The van der Waals surface area contributed by atoms with Crippen LogP contribution in [0.5, 0.6) is 11.5 Å². The van der Waals surface area contributed by atoms with Crippen molar-refractivity contribution in [3.05, 3.63) is 204 Å². The molecule has 0 unspecified atom stereocenters. The Kier molecular flexibility index (Phi) is 5.86. The number of hydrogen-bond donors (Lipinski definition) is 0. The van der Waals surface area contributed by atoms with Crippen molar-refractivity contribution in [3.63, 3.8) is 0 Å². The number of ether oxygens (including phenoxy) is 1. The second-order valence-electron chi connectivity index (χ2n) is 12.8. The van der Waals surface area contributed by atoms with Crippen molar-refractivity contribution in [2.24, 2.45) is 0 Å². The fourth-order valence-electron chi connectivity index (χ4n) is 8.31. The van der Waals surface area contributed by atoms with Crippen LogP contribution in [-0.4, -0.2) is 0 Å². The summed E-state index contributed by atoms with van der Waals surface area (Å²) in [6.45, 7) is 0. The molecule has 1 heteroatoms. The summed E-state index contributed by atoms with van der Waals surface area (Å²) in [5, 5.41) is 2.36. The van der Waals surface area contributed by atoms with E-state index in [0.717, 1.165) is 28.0 Å². The standard InChI is InChI=1S/C47H30O/c1-4-13-31(14-5-1)32-23-26-39-41-21-12-20-40-36(27-28-44(46(40)41)48-45(39)30-32)33-24-25-38-37-19-10-11-22-42(37)47(43(38)29-33,34-15-6-2-7-16-34)35-17-8-3-9-18-35/h1-30H. The number of benzene rings is 8. The molecule has 0 N–H and O–H groups in total. The van der Waals surface area contributed by atoms with E-state index >= 15 is 0 Å². The van der Waals surface area contributed by atoms with Crippen LogP contribution < -0.4 is 4.74 Å². The summed E-state index contributed by atoms with van der Waals surface area (Å²) >= 11 is 0. The van der Waals surface area contributed by atoms with Crippen molar-refractivity contribution in [1.29, 1.82) is 0 Å². The van der Waals surface area contributed by atoms with E-state index in [1.807, 2.05) is 0 Å². The van der Waals surface area contributed by atoms with Crippen LogP contribution in [0.2, 0.25) is 0 Å². The van der Waals surface area contributed by atoms with Crippen LogP contribution in [0.3, 0.4) is 0 Å². The van der Waals surface area contributed by atoms with E-state index < -0.39 is 5.41 Å². The quantitative estimate of drug-likeness (QED) is 0.193. The second-order valence-corrected chi connectivity index (χ2v) is 12.8. The Balaban J connectivity index is 1.18. The second kappa shape index (κ2) is 10.4. The van der Waals surface area contributed by atoms with E-state index in [2.05, 4.69) is 182 Å². The zero-order valence-electron chi connectivity index (χ0n) is 26.2. The van der Waals surface area contributed by atoms with Crippen LogP contribution in [0, 0.1) is 0 Å². The third-order valence-corrected chi connectivity index (χ3v) is 10.4. The summed E-state index contributed by atoms with van der Waals surface area (Å²) in [7, 11) is 0. The highest BCUT2D eigenvalue weighted by atomic mass is 16.5. The predicted molar refractivity (Wildman–Crippen MR) is 198 cm³/mol. The van der Waals surface area contributed by atoms with Gasteiger partial charge in [0.1, 0.15) is 11.5 Å². The first-order chi connectivity index (χ1) is 23.8. The maximum Gasteiger partial charge on any atom is 0.135 e. The van der Waals surface area contributed by atoms with Gasteiger partial charge in [0.2, 0.25) is 0 Å². The Morgan fingerprint density at radius 1 is 0.333 bits per heavy atom. The predicted octanol–water partition coefficient (Wildman–Crippen LogP) is 12.3. The molecule has 1 nitrogen and oxygen atoms in total. The van der Waals surface area contributed by atoms with Crippen molar-refractivity contribution >= 4 is 10.8 Å². The molecule has 0 spiro atoms. The molecule has 48 heavy (non-hydrogen) atoms. The molecule has 0 bridgehead atoms. The Morgan fingerprint density at radius 3 is 1.71 bits per heavy atom.